The number of nitrogens with zero attached hydrogens (tertiary/aromatic N) is 4. The van der Waals surface area contributed by atoms with Gasteiger partial charge in [-0.05, 0) is 25.3 Å². The van der Waals surface area contributed by atoms with Crippen molar-refractivity contribution < 1.29 is 0 Å². The SMILES string of the molecule is CC(C)C1CN2CCCCC2CN1c1ccn(C)n1. The van der Waals surface area contributed by atoms with Crippen LogP contribution in [0.4, 0.5) is 5.82 Å². The fraction of sp³-hybridized carbons (Fsp3) is 0.800. The molecular formula is C15H26N4. The third kappa shape index (κ3) is 2.50. The first kappa shape index (κ1) is 13.0. The standard InChI is InChI=1S/C15H26N4/c1-12(2)14-11-18-8-5-4-6-13(18)10-19(14)15-7-9-17(3)16-15/h7,9,12-14H,4-6,8,10-11H2,1-3H3. The summed E-state index contributed by atoms with van der Waals surface area (Å²) in [6.07, 6.45) is 6.18. The summed E-state index contributed by atoms with van der Waals surface area (Å²) in [5, 5.41) is 4.63. The van der Waals surface area contributed by atoms with E-state index in [0.717, 1.165) is 18.4 Å². The second-order valence-electron chi connectivity index (χ2n) is 6.46. The molecule has 0 bridgehead atoms. The Morgan fingerprint density at radius 3 is 2.79 bits per heavy atom. The molecule has 3 heterocycles. The predicted octanol–water partition coefficient (Wildman–Crippen LogP) is 2.12. The number of piperidine rings is 1. The minimum Gasteiger partial charge on any atom is -0.349 e. The van der Waals surface area contributed by atoms with E-state index in [2.05, 4.69) is 41.0 Å². The Labute approximate surface area is 116 Å². The molecule has 2 saturated heterocycles. The molecule has 19 heavy (non-hydrogen) atoms. The summed E-state index contributed by atoms with van der Waals surface area (Å²) in [6.45, 7) is 8.33. The molecule has 0 amide bonds. The number of hydrogen-bond donors (Lipinski definition) is 0. The molecule has 0 aliphatic carbocycles. The van der Waals surface area contributed by atoms with Crippen molar-refractivity contribution in [3.63, 3.8) is 0 Å². The van der Waals surface area contributed by atoms with Crippen molar-refractivity contribution in [1.29, 1.82) is 0 Å². The largest absolute Gasteiger partial charge is 0.349 e. The number of anilines is 1. The highest BCUT2D eigenvalue weighted by atomic mass is 15.4. The van der Waals surface area contributed by atoms with Gasteiger partial charge in [0.05, 0.1) is 0 Å². The van der Waals surface area contributed by atoms with Gasteiger partial charge in [-0.15, -0.1) is 0 Å². The zero-order valence-corrected chi connectivity index (χ0v) is 12.4. The van der Waals surface area contributed by atoms with Gasteiger partial charge in [0.1, 0.15) is 0 Å². The van der Waals surface area contributed by atoms with Crippen LogP contribution in [0.25, 0.3) is 0 Å². The van der Waals surface area contributed by atoms with Gasteiger partial charge >= 0.3 is 0 Å². The highest BCUT2D eigenvalue weighted by molar-refractivity contribution is 5.40. The molecule has 0 aromatic carbocycles. The summed E-state index contributed by atoms with van der Waals surface area (Å²) in [5.41, 5.74) is 0. The van der Waals surface area contributed by atoms with E-state index in [9.17, 15) is 0 Å². The molecule has 0 saturated carbocycles. The van der Waals surface area contributed by atoms with Crippen LogP contribution in [-0.2, 0) is 7.05 Å². The monoisotopic (exact) mass is 262 g/mol. The Morgan fingerprint density at radius 1 is 1.26 bits per heavy atom. The van der Waals surface area contributed by atoms with Gasteiger partial charge in [-0.25, -0.2) is 0 Å². The van der Waals surface area contributed by atoms with E-state index in [1.54, 1.807) is 0 Å². The second-order valence-corrected chi connectivity index (χ2v) is 6.46. The summed E-state index contributed by atoms with van der Waals surface area (Å²) in [4.78, 5) is 5.27. The average Bonchev–Trinajstić information content (AvgIpc) is 2.83. The van der Waals surface area contributed by atoms with Gasteiger partial charge in [0.25, 0.3) is 0 Å². The fourth-order valence-electron chi connectivity index (χ4n) is 3.60. The molecule has 2 fully saturated rings. The normalized spacial score (nSPS) is 28.7. The number of aryl methyl sites for hydroxylation is 1. The quantitative estimate of drug-likeness (QED) is 0.816. The minimum atomic E-state index is 0.601. The van der Waals surface area contributed by atoms with Crippen LogP contribution < -0.4 is 4.90 Å². The number of fused-ring (bicyclic) bond motifs is 1. The van der Waals surface area contributed by atoms with Crippen molar-refractivity contribution in [3.8, 4) is 0 Å². The van der Waals surface area contributed by atoms with Crippen LogP contribution in [0.1, 0.15) is 33.1 Å². The molecule has 3 rings (SSSR count). The predicted molar refractivity (Wildman–Crippen MR) is 78.4 cm³/mol. The molecule has 0 spiro atoms. The Bertz CT molecular complexity index is 426. The van der Waals surface area contributed by atoms with Crippen molar-refractivity contribution in [1.82, 2.24) is 14.7 Å². The molecule has 4 nitrogen and oxygen atoms in total. The highest BCUT2D eigenvalue weighted by Gasteiger charge is 2.36. The van der Waals surface area contributed by atoms with Crippen LogP contribution in [0.5, 0.6) is 0 Å². The summed E-state index contributed by atoms with van der Waals surface area (Å²) >= 11 is 0. The Morgan fingerprint density at radius 2 is 2.11 bits per heavy atom. The van der Waals surface area contributed by atoms with Crippen molar-refractivity contribution in [2.45, 2.75) is 45.2 Å². The van der Waals surface area contributed by atoms with E-state index in [1.807, 2.05) is 11.7 Å². The van der Waals surface area contributed by atoms with Gasteiger partial charge in [0, 0.05) is 44.5 Å². The Balaban J connectivity index is 1.83. The van der Waals surface area contributed by atoms with E-state index in [0.29, 0.717) is 12.0 Å². The molecular weight excluding hydrogens is 236 g/mol. The number of rotatable bonds is 2. The maximum atomic E-state index is 4.63. The van der Waals surface area contributed by atoms with E-state index < -0.39 is 0 Å². The van der Waals surface area contributed by atoms with Gasteiger partial charge in [-0.3, -0.25) is 9.58 Å². The summed E-state index contributed by atoms with van der Waals surface area (Å²) in [6, 6.07) is 3.50. The zero-order valence-electron chi connectivity index (χ0n) is 12.4. The molecule has 1 aromatic rings. The van der Waals surface area contributed by atoms with Crippen LogP contribution >= 0.6 is 0 Å². The van der Waals surface area contributed by atoms with Crippen LogP contribution in [0.15, 0.2) is 12.3 Å². The van der Waals surface area contributed by atoms with Crippen molar-refractivity contribution in [3.05, 3.63) is 12.3 Å². The molecule has 4 heteroatoms. The lowest BCUT2D eigenvalue weighted by Gasteiger charge is -2.50. The smallest absolute Gasteiger partial charge is 0.150 e. The highest BCUT2D eigenvalue weighted by Crippen LogP contribution is 2.29. The maximum Gasteiger partial charge on any atom is 0.150 e. The van der Waals surface area contributed by atoms with Crippen LogP contribution in [0, 0.1) is 5.92 Å². The van der Waals surface area contributed by atoms with Gasteiger partial charge in [-0.1, -0.05) is 20.3 Å². The third-order valence-electron chi connectivity index (χ3n) is 4.74. The molecule has 0 N–H and O–H groups in total. The summed E-state index contributed by atoms with van der Waals surface area (Å²) in [5.74, 6) is 1.83. The summed E-state index contributed by atoms with van der Waals surface area (Å²) < 4.78 is 1.92. The first-order valence-electron chi connectivity index (χ1n) is 7.65. The van der Waals surface area contributed by atoms with Gasteiger partial charge in [0.2, 0.25) is 0 Å². The average molecular weight is 262 g/mol. The van der Waals surface area contributed by atoms with Crippen molar-refractivity contribution in [2.75, 3.05) is 24.5 Å². The van der Waals surface area contributed by atoms with E-state index in [-0.39, 0.29) is 0 Å². The number of hydrogen-bond acceptors (Lipinski definition) is 3. The Kier molecular flexibility index (Phi) is 3.52. The topological polar surface area (TPSA) is 24.3 Å². The second kappa shape index (κ2) is 5.16. The van der Waals surface area contributed by atoms with Gasteiger partial charge < -0.3 is 4.90 Å². The van der Waals surface area contributed by atoms with Crippen LogP contribution in [0.3, 0.4) is 0 Å². The molecule has 2 aliphatic heterocycles. The number of aromatic nitrogens is 2. The minimum absolute atomic E-state index is 0.601. The zero-order chi connectivity index (χ0) is 13.4. The van der Waals surface area contributed by atoms with Crippen molar-refractivity contribution in [2.24, 2.45) is 13.0 Å². The third-order valence-corrected chi connectivity index (χ3v) is 4.74. The van der Waals surface area contributed by atoms with E-state index in [4.69, 9.17) is 0 Å². The van der Waals surface area contributed by atoms with Gasteiger partial charge in [0.15, 0.2) is 5.82 Å². The van der Waals surface area contributed by atoms with E-state index in [1.165, 1.54) is 32.4 Å². The first-order chi connectivity index (χ1) is 9.15. The van der Waals surface area contributed by atoms with Gasteiger partial charge in [-0.2, -0.15) is 5.10 Å². The van der Waals surface area contributed by atoms with Crippen LogP contribution in [0.2, 0.25) is 0 Å². The van der Waals surface area contributed by atoms with Crippen molar-refractivity contribution >= 4 is 5.82 Å². The first-order valence-corrected chi connectivity index (χ1v) is 7.65. The lowest BCUT2D eigenvalue weighted by atomic mass is 9.92. The molecule has 2 aliphatic rings. The molecule has 2 unspecified atom stereocenters. The lowest BCUT2D eigenvalue weighted by Crippen LogP contribution is -2.61. The van der Waals surface area contributed by atoms with Crippen LogP contribution in [-0.4, -0.2) is 46.4 Å². The lowest BCUT2D eigenvalue weighted by molar-refractivity contribution is 0.0999. The fourth-order valence-corrected chi connectivity index (χ4v) is 3.60. The maximum absolute atomic E-state index is 4.63. The van der Waals surface area contributed by atoms with E-state index >= 15 is 0 Å². The molecule has 106 valence electrons. The number of piperazine rings is 1. The molecule has 1 aromatic heterocycles. The summed E-state index contributed by atoms with van der Waals surface area (Å²) in [7, 11) is 2.00. The molecule has 2 atom stereocenters. The Hall–Kier alpha value is -1.03. The molecule has 0 radical (unpaired) electrons.